The summed E-state index contributed by atoms with van der Waals surface area (Å²) in [5.74, 6) is -0.289. The minimum Gasteiger partial charge on any atom is -0.388 e. The molecule has 37 heavy (non-hydrogen) atoms. The number of piperazine rings is 1. The maximum atomic E-state index is 13.5. The number of aromatic nitrogens is 4. The highest BCUT2D eigenvalue weighted by Gasteiger charge is 2.56. The van der Waals surface area contributed by atoms with Crippen LogP contribution in [0, 0.1) is 0 Å². The van der Waals surface area contributed by atoms with Crippen molar-refractivity contribution in [2.45, 2.75) is 28.5 Å². The summed E-state index contributed by atoms with van der Waals surface area (Å²) < 4.78 is 29.0. The van der Waals surface area contributed by atoms with Crippen LogP contribution in [0.1, 0.15) is 10.5 Å². The SMILES string of the molecule is O=C(c1cnc(-c2ccncc2)nn1)N1C2CN(S(=O)(=O)c3cc4ccc(Cl)cc4s3)CC1C(O)C2O. The zero-order valence-electron chi connectivity index (χ0n) is 18.9. The number of rotatable bonds is 4. The number of sulfonamides is 1. The largest absolute Gasteiger partial charge is 0.388 e. The van der Waals surface area contributed by atoms with Crippen LogP contribution in [0.3, 0.4) is 0 Å². The van der Waals surface area contributed by atoms with E-state index in [1.807, 2.05) is 0 Å². The second kappa shape index (κ2) is 9.04. The fourth-order valence-corrected chi connectivity index (χ4v) is 8.09. The molecule has 0 spiro atoms. The summed E-state index contributed by atoms with van der Waals surface area (Å²) in [5, 5.41) is 30.6. The number of aliphatic hydroxyl groups is 2. The Morgan fingerprint density at radius 2 is 1.73 bits per heavy atom. The highest BCUT2D eigenvalue weighted by Crippen LogP contribution is 2.37. The molecule has 0 aliphatic carbocycles. The highest BCUT2D eigenvalue weighted by molar-refractivity contribution is 7.91. The number of hydrogen-bond donors (Lipinski definition) is 2. The molecule has 6 rings (SSSR count). The van der Waals surface area contributed by atoms with Crippen LogP contribution in [0.4, 0.5) is 0 Å². The van der Waals surface area contributed by atoms with E-state index >= 15 is 0 Å². The lowest BCUT2D eigenvalue weighted by molar-refractivity contribution is 0.0352. The zero-order valence-corrected chi connectivity index (χ0v) is 21.3. The van der Waals surface area contributed by atoms with E-state index in [1.54, 1.807) is 48.8 Å². The summed E-state index contributed by atoms with van der Waals surface area (Å²) in [5.41, 5.74) is 0.599. The van der Waals surface area contributed by atoms with Crippen molar-refractivity contribution >= 4 is 49.0 Å². The van der Waals surface area contributed by atoms with Gasteiger partial charge in [0.25, 0.3) is 15.9 Å². The Hall–Kier alpha value is -3.07. The predicted molar refractivity (Wildman–Crippen MR) is 134 cm³/mol. The molecule has 14 heteroatoms. The summed E-state index contributed by atoms with van der Waals surface area (Å²) in [6, 6.07) is 8.17. The van der Waals surface area contributed by atoms with Gasteiger partial charge in [-0.15, -0.1) is 21.5 Å². The molecule has 0 radical (unpaired) electrons. The number of carbonyl (C=O) groups is 1. The number of fused-ring (bicyclic) bond motifs is 3. The van der Waals surface area contributed by atoms with Crippen LogP contribution in [0.2, 0.25) is 5.02 Å². The molecule has 2 aliphatic rings. The number of benzene rings is 1. The van der Waals surface area contributed by atoms with E-state index in [9.17, 15) is 23.4 Å². The monoisotopic (exact) mass is 558 g/mol. The molecular weight excluding hydrogens is 540 g/mol. The van der Waals surface area contributed by atoms with Gasteiger partial charge in [-0.3, -0.25) is 9.78 Å². The van der Waals surface area contributed by atoms with Gasteiger partial charge in [-0.1, -0.05) is 17.7 Å². The lowest BCUT2D eigenvalue weighted by Gasteiger charge is -2.39. The van der Waals surface area contributed by atoms with E-state index < -0.39 is 40.2 Å². The number of thiophene rings is 1. The first-order valence-corrected chi connectivity index (χ1v) is 13.9. The smallest absolute Gasteiger partial charge is 0.276 e. The minimum atomic E-state index is -3.96. The molecule has 5 heterocycles. The van der Waals surface area contributed by atoms with Crippen molar-refractivity contribution in [3.05, 3.63) is 65.7 Å². The predicted octanol–water partition coefficient (Wildman–Crippen LogP) is 1.42. The molecule has 2 bridgehead atoms. The van der Waals surface area contributed by atoms with Crippen LogP contribution in [-0.4, -0.2) is 91.3 Å². The molecule has 1 aromatic carbocycles. The highest BCUT2D eigenvalue weighted by atomic mass is 35.5. The first-order chi connectivity index (χ1) is 17.7. The molecule has 0 saturated carbocycles. The van der Waals surface area contributed by atoms with Gasteiger partial charge in [0.15, 0.2) is 11.5 Å². The fraction of sp³-hybridized carbons (Fsp3) is 0.261. The van der Waals surface area contributed by atoms with Crippen LogP contribution in [-0.2, 0) is 10.0 Å². The van der Waals surface area contributed by atoms with Crippen molar-refractivity contribution in [2.24, 2.45) is 0 Å². The number of carbonyl (C=O) groups excluding carboxylic acids is 1. The second-order valence-corrected chi connectivity index (χ2v) is 12.5. The van der Waals surface area contributed by atoms with Gasteiger partial charge in [0.1, 0.15) is 16.4 Å². The Morgan fingerprint density at radius 1 is 1.03 bits per heavy atom. The summed E-state index contributed by atoms with van der Waals surface area (Å²) in [6.07, 6.45) is 1.79. The van der Waals surface area contributed by atoms with Crippen molar-refractivity contribution in [1.29, 1.82) is 0 Å². The van der Waals surface area contributed by atoms with Crippen LogP contribution in [0.5, 0.6) is 0 Å². The van der Waals surface area contributed by atoms with E-state index in [0.29, 0.717) is 16.4 Å². The molecule has 11 nitrogen and oxygen atoms in total. The van der Waals surface area contributed by atoms with Crippen LogP contribution < -0.4 is 0 Å². The number of nitrogens with zero attached hydrogens (tertiary/aromatic N) is 6. The van der Waals surface area contributed by atoms with Gasteiger partial charge < -0.3 is 15.1 Å². The third-order valence-electron chi connectivity index (χ3n) is 6.64. The molecule has 4 unspecified atom stereocenters. The van der Waals surface area contributed by atoms with Crippen LogP contribution in [0.25, 0.3) is 21.5 Å². The Morgan fingerprint density at radius 3 is 2.38 bits per heavy atom. The summed E-state index contributed by atoms with van der Waals surface area (Å²) >= 11 is 7.13. The van der Waals surface area contributed by atoms with Gasteiger partial charge >= 0.3 is 0 Å². The first-order valence-electron chi connectivity index (χ1n) is 11.2. The topological polar surface area (TPSA) is 150 Å². The average Bonchev–Trinajstić information content (AvgIpc) is 3.41. The number of hydrogen-bond acceptors (Lipinski definition) is 10. The minimum absolute atomic E-state index is 0.0770. The van der Waals surface area contributed by atoms with E-state index in [2.05, 4.69) is 20.2 Å². The fourth-order valence-electron chi connectivity index (χ4n) is 4.79. The number of halogens is 1. The Bertz CT molecular complexity index is 1580. The Balaban J connectivity index is 1.27. The van der Waals surface area contributed by atoms with Crippen LogP contribution in [0.15, 0.2) is 59.2 Å². The van der Waals surface area contributed by atoms with E-state index in [-0.39, 0.29) is 23.0 Å². The molecule has 2 N–H and O–H groups in total. The van der Waals surface area contributed by atoms with Crippen molar-refractivity contribution < 1.29 is 23.4 Å². The normalized spacial score (nSPS) is 24.0. The van der Waals surface area contributed by atoms with E-state index in [1.165, 1.54) is 15.4 Å². The molecule has 3 aromatic heterocycles. The Labute approximate surface area is 220 Å². The molecule has 1 amide bonds. The van der Waals surface area contributed by atoms with Crippen molar-refractivity contribution in [2.75, 3.05) is 13.1 Å². The lowest BCUT2D eigenvalue weighted by atomic mass is 10.1. The summed E-state index contributed by atoms with van der Waals surface area (Å²) in [6.45, 7) is -0.373. The van der Waals surface area contributed by atoms with E-state index in [0.717, 1.165) is 21.4 Å². The lowest BCUT2D eigenvalue weighted by Crippen LogP contribution is -2.59. The van der Waals surface area contributed by atoms with Gasteiger partial charge in [0.2, 0.25) is 0 Å². The summed E-state index contributed by atoms with van der Waals surface area (Å²) in [7, 11) is -3.96. The number of aliphatic hydroxyl groups excluding tert-OH is 2. The average molecular weight is 559 g/mol. The van der Waals surface area contributed by atoms with Gasteiger partial charge in [0, 0.05) is 40.8 Å². The molecule has 190 valence electrons. The van der Waals surface area contributed by atoms with Crippen LogP contribution >= 0.6 is 22.9 Å². The Kier molecular flexibility index (Phi) is 5.93. The maximum absolute atomic E-state index is 13.5. The molecule has 4 atom stereocenters. The second-order valence-electron chi connectivity index (χ2n) is 8.80. The van der Waals surface area contributed by atoms with Crippen molar-refractivity contribution in [3.63, 3.8) is 0 Å². The van der Waals surface area contributed by atoms with Crippen molar-refractivity contribution in [3.8, 4) is 11.4 Å². The van der Waals surface area contributed by atoms with Gasteiger partial charge in [0.05, 0.1) is 18.3 Å². The third-order valence-corrected chi connectivity index (χ3v) is 10.3. The number of amides is 1. The van der Waals surface area contributed by atoms with Gasteiger partial charge in [-0.05, 0) is 35.7 Å². The van der Waals surface area contributed by atoms with Gasteiger partial charge in [-0.25, -0.2) is 13.4 Å². The standard InChI is InChI=1S/C23H19ClN6O5S2/c24-14-2-1-13-7-19(36-18(13)8-14)37(34,35)29-10-16-20(31)21(32)17(11-29)30(16)23(33)15-9-26-22(28-27-15)12-3-5-25-6-4-12/h1-9,16-17,20-21,31-32H,10-11H2. The molecule has 2 saturated heterocycles. The molecular formula is C23H19ClN6O5S2. The van der Waals surface area contributed by atoms with E-state index in [4.69, 9.17) is 11.6 Å². The third kappa shape index (κ3) is 4.07. The van der Waals surface area contributed by atoms with Gasteiger partial charge in [-0.2, -0.15) is 4.31 Å². The number of pyridine rings is 1. The maximum Gasteiger partial charge on any atom is 0.276 e. The molecule has 4 aromatic rings. The molecule has 2 fully saturated rings. The molecule has 2 aliphatic heterocycles. The van der Waals surface area contributed by atoms with Crippen molar-refractivity contribution in [1.82, 2.24) is 29.4 Å². The zero-order chi connectivity index (χ0) is 25.9. The first kappa shape index (κ1) is 24.3. The quantitative estimate of drug-likeness (QED) is 0.379. The summed E-state index contributed by atoms with van der Waals surface area (Å²) in [4.78, 5) is 22.8.